The lowest BCUT2D eigenvalue weighted by Gasteiger charge is -2.22. The van der Waals surface area contributed by atoms with E-state index in [2.05, 4.69) is 0 Å². The summed E-state index contributed by atoms with van der Waals surface area (Å²) >= 11 is 0. The second-order valence-electron chi connectivity index (χ2n) is 3.70. The molecule has 0 saturated carbocycles. The first-order valence-electron chi connectivity index (χ1n) is 5.36. The van der Waals surface area contributed by atoms with Gasteiger partial charge < -0.3 is 15.6 Å². The van der Waals surface area contributed by atoms with Gasteiger partial charge in [0.05, 0.1) is 18.8 Å². The minimum absolute atomic E-state index is 0.161. The van der Waals surface area contributed by atoms with Gasteiger partial charge in [-0.3, -0.25) is 0 Å². The van der Waals surface area contributed by atoms with E-state index in [0.29, 0.717) is 18.7 Å². The van der Waals surface area contributed by atoms with Gasteiger partial charge in [-0.2, -0.15) is 0 Å². The van der Waals surface area contributed by atoms with E-state index in [1.54, 1.807) is 12.1 Å². The molecule has 0 aliphatic carbocycles. The van der Waals surface area contributed by atoms with E-state index in [-0.39, 0.29) is 11.5 Å². The molecule has 1 aromatic carbocycles. The zero-order chi connectivity index (χ0) is 12.1. The summed E-state index contributed by atoms with van der Waals surface area (Å²) in [6.07, 6.45) is -0.235. The monoisotopic (exact) mass is 227 g/mol. The number of methoxy groups -OCH3 is 1. The highest BCUT2D eigenvalue weighted by molar-refractivity contribution is 5.36. The van der Waals surface area contributed by atoms with Crippen LogP contribution in [0.5, 0.6) is 5.75 Å². The highest BCUT2D eigenvalue weighted by Gasteiger charge is 2.24. The summed E-state index contributed by atoms with van der Waals surface area (Å²) in [6.45, 7) is 2.23. The average Bonchev–Trinajstić information content (AvgIpc) is 2.29. The third kappa shape index (κ3) is 2.51. The number of aliphatic hydroxyl groups is 1. The van der Waals surface area contributed by atoms with Crippen molar-refractivity contribution in [2.45, 2.75) is 19.4 Å². The van der Waals surface area contributed by atoms with Crippen molar-refractivity contribution in [3.63, 3.8) is 0 Å². The molecule has 0 amide bonds. The molecule has 3 N–H and O–H groups in total. The Labute approximate surface area is 95.0 Å². The molecule has 2 unspecified atom stereocenters. The maximum absolute atomic E-state index is 13.6. The zero-order valence-corrected chi connectivity index (χ0v) is 9.61. The molecular formula is C12H18FNO2. The van der Waals surface area contributed by atoms with Crippen LogP contribution in [0.2, 0.25) is 0 Å². The molecule has 1 rings (SSSR count). The van der Waals surface area contributed by atoms with Gasteiger partial charge in [0, 0.05) is 5.92 Å². The highest BCUT2D eigenvalue weighted by atomic mass is 19.1. The molecule has 90 valence electrons. The molecule has 16 heavy (non-hydrogen) atoms. The van der Waals surface area contributed by atoms with Gasteiger partial charge in [0.2, 0.25) is 0 Å². The molecule has 4 heteroatoms. The van der Waals surface area contributed by atoms with Crippen molar-refractivity contribution in [1.82, 2.24) is 0 Å². The zero-order valence-electron chi connectivity index (χ0n) is 9.61. The van der Waals surface area contributed by atoms with Crippen molar-refractivity contribution in [2.75, 3.05) is 13.7 Å². The fraction of sp³-hybridized carbons (Fsp3) is 0.500. The molecule has 0 aromatic heterocycles. The molecule has 0 radical (unpaired) electrons. The lowest BCUT2D eigenvalue weighted by Crippen LogP contribution is -2.22. The Morgan fingerprint density at radius 1 is 1.50 bits per heavy atom. The Hall–Kier alpha value is -1.13. The van der Waals surface area contributed by atoms with Crippen molar-refractivity contribution in [3.8, 4) is 5.75 Å². The van der Waals surface area contributed by atoms with Crippen molar-refractivity contribution in [1.29, 1.82) is 0 Å². The number of halogens is 1. The first-order chi connectivity index (χ1) is 7.65. The predicted octanol–water partition coefficient (Wildman–Crippen LogP) is 1.85. The average molecular weight is 227 g/mol. The van der Waals surface area contributed by atoms with Crippen LogP contribution in [0.1, 0.15) is 25.0 Å². The van der Waals surface area contributed by atoms with E-state index in [9.17, 15) is 9.50 Å². The summed E-state index contributed by atoms with van der Waals surface area (Å²) < 4.78 is 18.7. The quantitative estimate of drug-likeness (QED) is 0.807. The van der Waals surface area contributed by atoms with E-state index in [4.69, 9.17) is 10.5 Å². The molecule has 0 saturated heterocycles. The molecular weight excluding hydrogens is 209 g/mol. The summed E-state index contributed by atoms with van der Waals surface area (Å²) in [5.41, 5.74) is 5.74. The number of nitrogens with two attached hydrogens (primary N) is 1. The van der Waals surface area contributed by atoms with Crippen molar-refractivity contribution in [3.05, 3.63) is 29.6 Å². The fourth-order valence-corrected chi connectivity index (χ4v) is 1.74. The Morgan fingerprint density at radius 3 is 2.69 bits per heavy atom. The highest BCUT2D eigenvalue weighted by Crippen LogP contribution is 2.33. The van der Waals surface area contributed by atoms with Crippen LogP contribution in [-0.2, 0) is 0 Å². The smallest absolute Gasteiger partial charge is 0.132 e. The van der Waals surface area contributed by atoms with Gasteiger partial charge in [-0.25, -0.2) is 4.39 Å². The van der Waals surface area contributed by atoms with Gasteiger partial charge in [-0.1, -0.05) is 13.0 Å². The molecule has 0 aliphatic heterocycles. The summed E-state index contributed by atoms with van der Waals surface area (Å²) in [6, 6.07) is 4.49. The minimum Gasteiger partial charge on any atom is -0.496 e. The minimum atomic E-state index is -0.925. The largest absolute Gasteiger partial charge is 0.496 e. The topological polar surface area (TPSA) is 55.5 Å². The van der Waals surface area contributed by atoms with Crippen LogP contribution < -0.4 is 10.5 Å². The van der Waals surface area contributed by atoms with Crippen LogP contribution in [0.4, 0.5) is 4.39 Å². The molecule has 0 aliphatic rings. The maximum Gasteiger partial charge on any atom is 0.132 e. The molecule has 2 atom stereocenters. The van der Waals surface area contributed by atoms with Gasteiger partial charge in [0.1, 0.15) is 11.6 Å². The first-order valence-corrected chi connectivity index (χ1v) is 5.36. The van der Waals surface area contributed by atoms with Crippen LogP contribution >= 0.6 is 0 Å². The summed E-state index contributed by atoms with van der Waals surface area (Å²) in [5, 5.41) is 10.1. The third-order valence-corrected chi connectivity index (χ3v) is 2.80. The predicted molar refractivity (Wildman–Crippen MR) is 60.7 cm³/mol. The van der Waals surface area contributed by atoms with Gasteiger partial charge in [-0.15, -0.1) is 0 Å². The standard InChI is InChI=1S/C12H18FNO2/c1-3-8(7-14)12(15)11-9(13)5-4-6-10(11)16-2/h4-6,8,12,15H,3,7,14H2,1-2H3. The number of aliphatic hydroxyl groups excluding tert-OH is 1. The molecule has 3 nitrogen and oxygen atoms in total. The summed E-state index contributed by atoms with van der Waals surface area (Å²) in [4.78, 5) is 0. The molecule has 1 aromatic rings. The molecule has 0 heterocycles. The van der Waals surface area contributed by atoms with Crippen LogP contribution in [-0.4, -0.2) is 18.8 Å². The van der Waals surface area contributed by atoms with E-state index in [1.165, 1.54) is 13.2 Å². The van der Waals surface area contributed by atoms with Gasteiger partial charge in [0.25, 0.3) is 0 Å². The normalized spacial score (nSPS) is 14.6. The SMILES string of the molecule is CCC(CN)C(O)c1c(F)cccc1OC. The van der Waals surface area contributed by atoms with Crippen LogP contribution in [0.3, 0.4) is 0 Å². The maximum atomic E-state index is 13.6. The van der Waals surface area contributed by atoms with Crippen molar-refractivity contribution >= 4 is 0 Å². The van der Waals surface area contributed by atoms with Gasteiger partial charge >= 0.3 is 0 Å². The Balaban J connectivity index is 3.10. The lowest BCUT2D eigenvalue weighted by molar-refractivity contribution is 0.103. The lowest BCUT2D eigenvalue weighted by atomic mass is 9.92. The van der Waals surface area contributed by atoms with Crippen molar-refractivity contribution < 1.29 is 14.2 Å². The number of ether oxygens (including phenoxy) is 1. The Morgan fingerprint density at radius 2 is 2.19 bits per heavy atom. The number of benzene rings is 1. The van der Waals surface area contributed by atoms with Crippen molar-refractivity contribution in [2.24, 2.45) is 11.7 Å². The summed E-state index contributed by atoms with van der Waals surface area (Å²) in [7, 11) is 1.45. The Kier molecular flexibility index (Phi) is 4.71. The van der Waals surface area contributed by atoms with E-state index < -0.39 is 11.9 Å². The van der Waals surface area contributed by atoms with Gasteiger partial charge in [0.15, 0.2) is 0 Å². The van der Waals surface area contributed by atoms with Crippen LogP contribution in [0, 0.1) is 11.7 Å². The molecule has 0 fully saturated rings. The Bertz CT molecular complexity index is 340. The second-order valence-corrected chi connectivity index (χ2v) is 3.70. The van der Waals surface area contributed by atoms with Crippen LogP contribution in [0.25, 0.3) is 0 Å². The van der Waals surface area contributed by atoms with E-state index >= 15 is 0 Å². The number of rotatable bonds is 5. The third-order valence-electron chi connectivity index (χ3n) is 2.80. The van der Waals surface area contributed by atoms with Crippen LogP contribution in [0.15, 0.2) is 18.2 Å². The van der Waals surface area contributed by atoms with Gasteiger partial charge in [-0.05, 0) is 25.1 Å². The second kappa shape index (κ2) is 5.82. The number of hydrogen-bond donors (Lipinski definition) is 2. The first kappa shape index (κ1) is 12.9. The number of hydrogen-bond acceptors (Lipinski definition) is 3. The van der Waals surface area contributed by atoms with E-state index in [1.807, 2.05) is 6.92 Å². The van der Waals surface area contributed by atoms with E-state index in [0.717, 1.165) is 0 Å². The molecule has 0 spiro atoms. The fourth-order valence-electron chi connectivity index (χ4n) is 1.74. The molecule has 0 bridgehead atoms. The summed E-state index contributed by atoms with van der Waals surface area (Å²) in [5.74, 6) is -0.260.